The summed E-state index contributed by atoms with van der Waals surface area (Å²) >= 11 is 0. The zero-order chi connectivity index (χ0) is 20.1. The Labute approximate surface area is 168 Å². The molecule has 148 valence electrons. The highest BCUT2D eigenvalue weighted by atomic mass is 16.2. The maximum atomic E-state index is 12.5. The summed E-state index contributed by atoms with van der Waals surface area (Å²) < 4.78 is 1.26. The number of nitrogens with one attached hydrogen (secondary N) is 1. The van der Waals surface area contributed by atoms with E-state index in [2.05, 4.69) is 44.8 Å². The van der Waals surface area contributed by atoms with Crippen molar-refractivity contribution in [1.82, 2.24) is 24.7 Å². The van der Waals surface area contributed by atoms with E-state index in [1.165, 1.54) is 28.5 Å². The van der Waals surface area contributed by atoms with Gasteiger partial charge in [0.2, 0.25) is 0 Å². The lowest BCUT2D eigenvalue weighted by molar-refractivity contribution is -0.144. The Morgan fingerprint density at radius 3 is 1.83 bits per heavy atom. The third-order valence-electron chi connectivity index (χ3n) is 5.04. The number of benzene rings is 2. The fourth-order valence-electron chi connectivity index (χ4n) is 3.64. The molecule has 0 aliphatic carbocycles. The molecule has 1 saturated heterocycles. The Balaban J connectivity index is 1.44. The molecule has 2 aromatic carbocycles. The molecular weight excluding hydrogens is 368 g/mol. The SMILES string of the molecule is O=C(Nn1cnnc1)C(=O)N1CCN(C(c2ccccc2)c2ccccc2)CC1. The van der Waals surface area contributed by atoms with Crippen molar-refractivity contribution < 1.29 is 9.59 Å². The Kier molecular flexibility index (Phi) is 5.62. The van der Waals surface area contributed by atoms with Crippen LogP contribution in [-0.4, -0.2) is 62.7 Å². The number of aromatic nitrogens is 3. The lowest BCUT2D eigenvalue weighted by Gasteiger charge is -2.39. The van der Waals surface area contributed by atoms with Crippen molar-refractivity contribution >= 4 is 11.8 Å². The second-order valence-electron chi connectivity index (χ2n) is 6.86. The topological polar surface area (TPSA) is 83.4 Å². The van der Waals surface area contributed by atoms with Crippen molar-refractivity contribution in [1.29, 1.82) is 0 Å². The van der Waals surface area contributed by atoms with Crippen molar-refractivity contribution in [2.24, 2.45) is 0 Å². The molecule has 3 aromatic rings. The van der Waals surface area contributed by atoms with Gasteiger partial charge in [0.25, 0.3) is 0 Å². The number of nitrogens with zero attached hydrogens (tertiary/aromatic N) is 5. The van der Waals surface area contributed by atoms with Crippen molar-refractivity contribution in [2.45, 2.75) is 6.04 Å². The Morgan fingerprint density at radius 1 is 0.793 bits per heavy atom. The molecule has 2 amide bonds. The summed E-state index contributed by atoms with van der Waals surface area (Å²) in [6.45, 7) is 2.34. The van der Waals surface area contributed by atoms with Gasteiger partial charge < -0.3 is 4.90 Å². The average molecular weight is 390 g/mol. The molecule has 0 bridgehead atoms. The molecule has 0 saturated carbocycles. The van der Waals surface area contributed by atoms with E-state index in [9.17, 15) is 9.59 Å². The van der Waals surface area contributed by atoms with E-state index in [0.717, 1.165) is 0 Å². The number of rotatable bonds is 4. The first kappa shape index (κ1) is 18.8. The third kappa shape index (κ3) is 4.33. The second kappa shape index (κ2) is 8.66. The molecule has 1 aromatic heterocycles. The van der Waals surface area contributed by atoms with E-state index in [4.69, 9.17) is 0 Å². The molecule has 1 fully saturated rings. The lowest BCUT2D eigenvalue weighted by Crippen LogP contribution is -2.52. The molecule has 0 unspecified atom stereocenters. The van der Waals surface area contributed by atoms with Gasteiger partial charge in [0, 0.05) is 26.2 Å². The van der Waals surface area contributed by atoms with Crippen LogP contribution in [0.1, 0.15) is 17.2 Å². The summed E-state index contributed by atoms with van der Waals surface area (Å²) in [5.41, 5.74) is 4.88. The van der Waals surface area contributed by atoms with Crippen LogP contribution in [0.15, 0.2) is 73.3 Å². The first-order chi connectivity index (χ1) is 14.2. The number of carbonyl (C=O) groups is 2. The minimum Gasteiger partial charge on any atom is -0.332 e. The van der Waals surface area contributed by atoms with Gasteiger partial charge in [-0.25, -0.2) is 4.68 Å². The van der Waals surface area contributed by atoms with E-state index in [-0.39, 0.29) is 6.04 Å². The van der Waals surface area contributed by atoms with Crippen molar-refractivity contribution in [3.05, 3.63) is 84.4 Å². The van der Waals surface area contributed by atoms with Gasteiger partial charge in [-0.3, -0.25) is 19.9 Å². The average Bonchev–Trinajstić information content (AvgIpc) is 3.28. The fraction of sp³-hybridized carbons (Fsp3) is 0.238. The van der Waals surface area contributed by atoms with E-state index >= 15 is 0 Å². The zero-order valence-corrected chi connectivity index (χ0v) is 15.9. The molecule has 8 heteroatoms. The van der Waals surface area contributed by atoms with Crippen molar-refractivity contribution in [3.8, 4) is 0 Å². The van der Waals surface area contributed by atoms with Crippen LogP contribution >= 0.6 is 0 Å². The first-order valence-corrected chi connectivity index (χ1v) is 9.51. The molecule has 0 atom stereocenters. The molecule has 8 nitrogen and oxygen atoms in total. The number of piperazine rings is 1. The molecule has 2 heterocycles. The maximum Gasteiger partial charge on any atom is 0.328 e. The van der Waals surface area contributed by atoms with Gasteiger partial charge in [-0.15, -0.1) is 10.2 Å². The zero-order valence-electron chi connectivity index (χ0n) is 15.9. The van der Waals surface area contributed by atoms with Crippen LogP contribution < -0.4 is 5.43 Å². The molecular formula is C21H22N6O2. The van der Waals surface area contributed by atoms with E-state index in [0.29, 0.717) is 26.2 Å². The van der Waals surface area contributed by atoms with E-state index < -0.39 is 11.8 Å². The normalized spacial score (nSPS) is 14.7. The standard InChI is InChI=1S/C21H22N6O2/c28-20(24-27-15-22-23-16-27)21(29)26-13-11-25(12-14-26)19(17-7-3-1-4-8-17)18-9-5-2-6-10-18/h1-10,15-16,19H,11-14H2,(H,24,28). The minimum atomic E-state index is -0.694. The summed E-state index contributed by atoms with van der Waals surface area (Å²) in [5.74, 6) is -1.24. The predicted molar refractivity (Wildman–Crippen MR) is 107 cm³/mol. The van der Waals surface area contributed by atoms with Crippen LogP contribution in [-0.2, 0) is 9.59 Å². The van der Waals surface area contributed by atoms with Gasteiger partial charge in [-0.05, 0) is 11.1 Å². The molecule has 1 N–H and O–H groups in total. The summed E-state index contributed by atoms with van der Waals surface area (Å²) in [5, 5.41) is 7.20. The van der Waals surface area contributed by atoms with E-state index in [1.807, 2.05) is 36.4 Å². The monoisotopic (exact) mass is 390 g/mol. The quantitative estimate of drug-likeness (QED) is 0.679. The summed E-state index contributed by atoms with van der Waals surface area (Å²) in [6, 6.07) is 20.8. The molecule has 1 aliphatic rings. The Morgan fingerprint density at radius 2 is 1.31 bits per heavy atom. The molecule has 1 aliphatic heterocycles. The summed E-state index contributed by atoms with van der Waals surface area (Å²) in [6.07, 6.45) is 2.65. The Bertz CT molecular complexity index is 898. The number of hydrogen-bond donors (Lipinski definition) is 1. The summed E-state index contributed by atoms with van der Waals surface area (Å²) in [4.78, 5) is 28.6. The van der Waals surface area contributed by atoms with Crippen LogP contribution in [0.3, 0.4) is 0 Å². The number of amides is 2. The maximum absolute atomic E-state index is 12.5. The lowest BCUT2D eigenvalue weighted by atomic mass is 9.96. The third-order valence-corrected chi connectivity index (χ3v) is 5.04. The highest BCUT2D eigenvalue weighted by Crippen LogP contribution is 2.29. The van der Waals surface area contributed by atoms with Gasteiger partial charge in [0.1, 0.15) is 12.7 Å². The fourth-order valence-corrected chi connectivity index (χ4v) is 3.64. The number of carbonyl (C=O) groups excluding carboxylic acids is 2. The molecule has 29 heavy (non-hydrogen) atoms. The second-order valence-corrected chi connectivity index (χ2v) is 6.86. The predicted octanol–water partition coefficient (Wildman–Crippen LogP) is 1.28. The van der Waals surface area contributed by atoms with E-state index in [1.54, 1.807) is 4.90 Å². The van der Waals surface area contributed by atoms with Gasteiger partial charge in [0.15, 0.2) is 0 Å². The van der Waals surface area contributed by atoms with Gasteiger partial charge in [0.05, 0.1) is 6.04 Å². The first-order valence-electron chi connectivity index (χ1n) is 9.51. The van der Waals surface area contributed by atoms with Gasteiger partial charge >= 0.3 is 11.8 Å². The molecule has 4 rings (SSSR count). The van der Waals surface area contributed by atoms with Crippen LogP contribution in [0.2, 0.25) is 0 Å². The van der Waals surface area contributed by atoms with Gasteiger partial charge in [-0.1, -0.05) is 60.7 Å². The largest absolute Gasteiger partial charge is 0.332 e. The minimum absolute atomic E-state index is 0.112. The van der Waals surface area contributed by atoms with Crippen LogP contribution in [0, 0.1) is 0 Å². The number of hydrogen-bond acceptors (Lipinski definition) is 5. The van der Waals surface area contributed by atoms with Crippen LogP contribution in [0.5, 0.6) is 0 Å². The highest BCUT2D eigenvalue weighted by Gasteiger charge is 2.30. The van der Waals surface area contributed by atoms with Crippen LogP contribution in [0.25, 0.3) is 0 Å². The highest BCUT2D eigenvalue weighted by molar-refractivity contribution is 6.38. The van der Waals surface area contributed by atoms with Crippen molar-refractivity contribution in [3.63, 3.8) is 0 Å². The summed E-state index contributed by atoms with van der Waals surface area (Å²) in [7, 11) is 0. The molecule has 0 radical (unpaired) electrons. The van der Waals surface area contributed by atoms with Gasteiger partial charge in [-0.2, -0.15) is 0 Å². The molecule has 0 spiro atoms. The smallest absolute Gasteiger partial charge is 0.328 e. The van der Waals surface area contributed by atoms with Crippen molar-refractivity contribution in [2.75, 3.05) is 31.6 Å². The van der Waals surface area contributed by atoms with Crippen LogP contribution in [0.4, 0.5) is 0 Å². The Hall–Kier alpha value is -3.52.